The number of hydrogen-bond acceptors (Lipinski definition) is 5. The third-order valence-corrected chi connectivity index (χ3v) is 4.90. The first kappa shape index (κ1) is 20.7. The maximum absolute atomic E-state index is 12.5. The molecule has 0 aliphatic carbocycles. The summed E-state index contributed by atoms with van der Waals surface area (Å²) in [6, 6.07) is 10.3. The number of rotatable bonds is 9. The molecule has 0 fully saturated rings. The first-order valence-electron chi connectivity index (χ1n) is 10.1. The first-order valence-corrected chi connectivity index (χ1v) is 10.1. The Hall–Kier alpha value is -3.59. The number of unbranched alkanes of at least 4 members (excludes halogenated alkanes) is 1. The molecule has 0 aromatic carbocycles. The lowest BCUT2D eigenvalue weighted by Gasteiger charge is -2.06. The molecule has 0 aliphatic heterocycles. The number of halogens is 1. The molecule has 9 heteroatoms. The largest absolute Gasteiger partial charge is 0.357 e. The Labute approximate surface area is 177 Å². The van der Waals surface area contributed by atoms with Crippen LogP contribution in [-0.2, 0) is 13.1 Å². The van der Waals surface area contributed by atoms with Crippen molar-refractivity contribution >= 4 is 22.5 Å². The van der Waals surface area contributed by atoms with Crippen molar-refractivity contribution in [2.75, 3.05) is 13.2 Å². The molecule has 0 bridgehead atoms. The van der Waals surface area contributed by atoms with Gasteiger partial charge in [-0.1, -0.05) is 6.07 Å². The summed E-state index contributed by atoms with van der Waals surface area (Å²) in [6.45, 7) is 1.35. The topological polar surface area (TPSA) is 104 Å². The minimum absolute atomic E-state index is 0.0678. The van der Waals surface area contributed by atoms with Gasteiger partial charge in [-0.25, -0.2) is 4.98 Å². The van der Waals surface area contributed by atoms with E-state index in [9.17, 15) is 14.0 Å². The van der Waals surface area contributed by atoms with Gasteiger partial charge in [-0.15, -0.1) is 0 Å². The Morgan fingerprint density at radius 2 is 2.06 bits per heavy atom. The minimum atomic E-state index is -0.435. The number of fused-ring (bicyclic) bond motifs is 2. The highest BCUT2D eigenvalue weighted by Gasteiger charge is 2.11. The second kappa shape index (κ2) is 9.48. The van der Waals surface area contributed by atoms with E-state index in [-0.39, 0.29) is 24.5 Å². The van der Waals surface area contributed by atoms with Gasteiger partial charge in [0.25, 0.3) is 11.5 Å². The summed E-state index contributed by atoms with van der Waals surface area (Å²) in [6.07, 6.45) is 4.74. The molecule has 0 spiro atoms. The number of amides is 1. The summed E-state index contributed by atoms with van der Waals surface area (Å²) >= 11 is 0. The molecule has 4 heterocycles. The quantitative estimate of drug-likeness (QED) is 0.359. The highest BCUT2D eigenvalue weighted by Crippen LogP contribution is 2.15. The predicted molar refractivity (Wildman–Crippen MR) is 116 cm³/mol. The summed E-state index contributed by atoms with van der Waals surface area (Å²) < 4.78 is 13.5. The van der Waals surface area contributed by atoms with Crippen molar-refractivity contribution in [2.45, 2.75) is 25.9 Å². The summed E-state index contributed by atoms with van der Waals surface area (Å²) in [5.41, 5.74) is 2.78. The van der Waals surface area contributed by atoms with Gasteiger partial charge in [0, 0.05) is 41.6 Å². The van der Waals surface area contributed by atoms with Crippen molar-refractivity contribution in [1.29, 1.82) is 0 Å². The van der Waals surface area contributed by atoms with E-state index in [2.05, 4.69) is 25.6 Å². The van der Waals surface area contributed by atoms with E-state index in [1.807, 2.05) is 12.1 Å². The molecule has 8 nitrogen and oxygen atoms in total. The predicted octanol–water partition coefficient (Wildman–Crippen LogP) is 2.34. The number of aromatic amines is 1. The number of nitrogens with one attached hydrogen (secondary N) is 3. The SMILES string of the molecule is O=C(NCc1cc2[nH]c(CNCCCCF)cc2cn1)c1cc(=O)n2ccccc2n1. The molecule has 0 aliphatic rings. The van der Waals surface area contributed by atoms with Crippen LogP contribution >= 0.6 is 0 Å². The van der Waals surface area contributed by atoms with Crippen LogP contribution in [0.25, 0.3) is 16.6 Å². The van der Waals surface area contributed by atoms with Crippen molar-refractivity contribution < 1.29 is 9.18 Å². The van der Waals surface area contributed by atoms with Gasteiger partial charge in [0.15, 0.2) is 0 Å². The third-order valence-electron chi connectivity index (χ3n) is 4.90. The van der Waals surface area contributed by atoms with Crippen LogP contribution in [0, 0.1) is 0 Å². The molecule has 0 radical (unpaired) electrons. The van der Waals surface area contributed by atoms with E-state index in [4.69, 9.17) is 0 Å². The van der Waals surface area contributed by atoms with Crippen molar-refractivity contribution in [3.63, 3.8) is 0 Å². The number of nitrogens with zero attached hydrogens (tertiary/aromatic N) is 3. The van der Waals surface area contributed by atoms with E-state index >= 15 is 0 Å². The number of carbonyl (C=O) groups is 1. The molecule has 3 N–H and O–H groups in total. The van der Waals surface area contributed by atoms with E-state index in [0.29, 0.717) is 24.3 Å². The molecule has 0 atom stereocenters. The Kier molecular flexibility index (Phi) is 6.32. The van der Waals surface area contributed by atoms with Crippen LogP contribution in [0.1, 0.15) is 34.7 Å². The number of alkyl halides is 1. The van der Waals surface area contributed by atoms with E-state index < -0.39 is 5.91 Å². The van der Waals surface area contributed by atoms with Gasteiger partial charge < -0.3 is 15.6 Å². The van der Waals surface area contributed by atoms with Crippen LogP contribution in [0.4, 0.5) is 4.39 Å². The third kappa shape index (κ3) is 4.95. The standard InChI is InChI=1S/C22H23FN6O2/c23-6-2-3-7-24-13-17-9-15-12-25-16(10-18(15)27-17)14-26-22(31)19-11-21(30)29-8-4-1-5-20(29)28-19/h1,4-5,8-12,24,27H,2-3,6-7,13-14H2,(H,26,31). The van der Waals surface area contributed by atoms with E-state index in [1.165, 1.54) is 10.5 Å². The van der Waals surface area contributed by atoms with E-state index in [1.54, 1.807) is 30.6 Å². The minimum Gasteiger partial charge on any atom is -0.357 e. The van der Waals surface area contributed by atoms with Crippen molar-refractivity contribution in [3.05, 3.63) is 76.2 Å². The molecule has 1 amide bonds. The van der Waals surface area contributed by atoms with Crippen LogP contribution in [0.5, 0.6) is 0 Å². The lowest BCUT2D eigenvalue weighted by Crippen LogP contribution is -2.27. The van der Waals surface area contributed by atoms with Crippen LogP contribution in [-0.4, -0.2) is 38.5 Å². The molecule has 4 aromatic rings. The van der Waals surface area contributed by atoms with Gasteiger partial charge in [-0.2, -0.15) is 0 Å². The van der Waals surface area contributed by atoms with Crippen molar-refractivity contribution in [2.24, 2.45) is 0 Å². The van der Waals surface area contributed by atoms with Gasteiger partial charge in [0.05, 0.1) is 18.9 Å². The van der Waals surface area contributed by atoms with Crippen LogP contribution < -0.4 is 16.2 Å². The zero-order valence-corrected chi connectivity index (χ0v) is 16.9. The van der Waals surface area contributed by atoms with Crippen molar-refractivity contribution in [3.8, 4) is 0 Å². The molecule has 160 valence electrons. The number of pyridine rings is 2. The van der Waals surface area contributed by atoms with Gasteiger partial charge in [-0.3, -0.25) is 23.4 Å². The van der Waals surface area contributed by atoms with Gasteiger partial charge in [-0.05, 0) is 43.7 Å². The van der Waals surface area contributed by atoms with Crippen molar-refractivity contribution in [1.82, 2.24) is 30.0 Å². The molecular weight excluding hydrogens is 399 g/mol. The van der Waals surface area contributed by atoms with Crippen LogP contribution in [0.15, 0.2) is 53.6 Å². The Morgan fingerprint density at radius 1 is 1.16 bits per heavy atom. The van der Waals surface area contributed by atoms with Gasteiger partial charge in [0.1, 0.15) is 11.3 Å². The maximum Gasteiger partial charge on any atom is 0.270 e. The lowest BCUT2D eigenvalue weighted by molar-refractivity contribution is 0.0945. The Balaban J connectivity index is 1.39. The smallest absolute Gasteiger partial charge is 0.270 e. The highest BCUT2D eigenvalue weighted by molar-refractivity contribution is 5.92. The van der Waals surface area contributed by atoms with Crippen LogP contribution in [0.3, 0.4) is 0 Å². The summed E-state index contributed by atoms with van der Waals surface area (Å²) in [5.74, 6) is -0.435. The second-order valence-electron chi connectivity index (χ2n) is 7.22. The second-order valence-corrected chi connectivity index (χ2v) is 7.22. The molecule has 31 heavy (non-hydrogen) atoms. The Bertz CT molecular complexity index is 1270. The van der Waals surface area contributed by atoms with Crippen LogP contribution in [0.2, 0.25) is 0 Å². The number of H-pyrrole nitrogens is 1. The fourth-order valence-electron chi connectivity index (χ4n) is 3.32. The molecule has 0 saturated carbocycles. The van der Waals surface area contributed by atoms with Gasteiger partial charge >= 0.3 is 0 Å². The monoisotopic (exact) mass is 422 g/mol. The zero-order valence-electron chi connectivity index (χ0n) is 16.9. The highest BCUT2D eigenvalue weighted by atomic mass is 19.1. The molecular formula is C22H23FN6O2. The van der Waals surface area contributed by atoms with Gasteiger partial charge in [0.2, 0.25) is 0 Å². The summed E-state index contributed by atoms with van der Waals surface area (Å²) in [4.78, 5) is 36.6. The Morgan fingerprint density at radius 3 is 2.94 bits per heavy atom. The fraction of sp³-hybridized carbons (Fsp3) is 0.273. The molecule has 4 rings (SSSR count). The normalized spacial score (nSPS) is 11.3. The lowest BCUT2D eigenvalue weighted by atomic mass is 10.2. The summed E-state index contributed by atoms with van der Waals surface area (Å²) in [7, 11) is 0. The number of aromatic nitrogens is 4. The zero-order chi connectivity index (χ0) is 21.6. The van der Waals surface area contributed by atoms with E-state index in [0.717, 1.165) is 29.6 Å². The average molecular weight is 422 g/mol. The number of carbonyl (C=O) groups excluding carboxylic acids is 1. The average Bonchev–Trinajstić information content (AvgIpc) is 3.19. The molecule has 0 saturated heterocycles. The summed E-state index contributed by atoms with van der Waals surface area (Å²) in [5, 5.41) is 7.01. The first-order chi connectivity index (χ1) is 15.1. The fourth-order valence-corrected chi connectivity index (χ4v) is 3.32. The molecule has 4 aromatic heterocycles. The number of hydrogen-bond donors (Lipinski definition) is 3. The molecule has 0 unspecified atom stereocenters. The maximum atomic E-state index is 12.5.